The molecule has 1 fully saturated rings. The van der Waals surface area contributed by atoms with Gasteiger partial charge in [0, 0.05) is 11.9 Å². The van der Waals surface area contributed by atoms with E-state index in [0.717, 1.165) is 16.5 Å². The average molecular weight is 536 g/mol. The van der Waals surface area contributed by atoms with Crippen molar-refractivity contribution in [1.82, 2.24) is 26.1 Å². The van der Waals surface area contributed by atoms with Crippen molar-refractivity contribution in [3.8, 4) is 0 Å². The quantitative estimate of drug-likeness (QED) is 0.479. The van der Waals surface area contributed by atoms with Crippen LogP contribution in [0.2, 0.25) is 0 Å². The molecule has 3 N–H and O–H groups in total. The predicted octanol–water partition coefficient (Wildman–Crippen LogP) is 2.64. The Kier molecular flexibility index (Phi) is 8.64. The van der Waals surface area contributed by atoms with Gasteiger partial charge in [0.1, 0.15) is 24.2 Å². The molecule has 5 unspecified atom stereocenters. The van der Waals surface area contributed by atoms with Gasteiger partial charge < -0.3 is 15.4 Å². The topological polar surface area (TPSA) is 130 Å². The van der Waals surface area contributed by atoms with E-state index < -0.39 is 42.0 Å². The number of cyclic esters (lactones) is 1. The van der Waals surface area contributed by atoms with Crippen LogP contribution in [0.3, 0.4) is 0 Å². The van der Waals surface area contributed by atoms with Gasteiger partial charge in [0.25, 0.3) is 5.91 Å². The molecule has 0 spiro atoms. The maximum Gasteiger partial charge on any atom is 0.325 e. The van der Waals surface area contributed by atoms with Crippen LogP contribution in [-0.4, -0.2) is 58.4 Å². The van der Waals surface area contributed by atoms with Crippen LogP contribution in [0, 0.1) is 11.8 Å². The Bertz CT molecular complexity index is 1290. The van der Waals surface area contributed by atoms with Crippen molar-refractivity contribution in [1.29, 1.82) is 0 Å². The zero-order valence-electron chi connectivity index (χ0n) is 23.1. The molecule has 4 rings (SSSR count). The zero-order valence-corrected chi connectivity index (χ0v) is 23.1. The largest absolute Gasteiger partial charge is 0.455 e. The number of carbonyl (C=O) groups excluding carboxylic acids is 4. The lowest BCUT2D eigenvalue weighted by atomic mass is 10.0. The summed E-state index contributed by atoms with van der Waals surface area (Å²) in [6, 6.07) is 7.16. The number of nitrogens with one attached hydrogen (secondary N) is 3. The van der Waals surface area contributed by atoms with Gasteiger partial charge in [0.15, 0.2) is 0 Å². The number of carbonyl (C=O) groups is 4. The van der Waals surface area contributed by atoms with Crippen LogP contribution in [0.25, 0.3) is 17.0 Å². The standard InChI is InChI=1S/C29H37N5O5/c1-16(2)25-27(36)30-18(4)28(37)34-14-6-7-23(33-34)29(38)39-19(5)22-13-12-21-11-10-20(15-24(21)31-22)9-8-17(3)26(35)32-25/h8-13,15-19,23,25,33H,6-7,14H2,1-5H3,(H,30,36)(H,32,35). The second kappa shape index (κ2) is 11.9. The zero-order chi connectivity index (χ0) is 28.3. The van der Waals surface area contributed by atoms with Gasteiger partial charge in [0.05, 0.1) is 17.1 Å². The summed E-state index contributed by atoms with van der Waals surface area (Å²) < 4.78 is 5.73. The Balaban J connectivity index is 1.67. The van der Waals surface area contributed by atoms with Crippen molar-refractivity contribution in [2.75, 3.05) is 6.54 Å². The van der Waals surface area contributed by atoms with Crippen LogP contribution in [0.15, 0.2) is 36.4 Å². The predicted molar refractivity (Wildman–Crippen MR) is 147 cm³/mol. The first-order valence-corrected chi connectivity index (χ1v) is 13.5. The molecule has 1 aromatic carbocycles. The van der Waals surface area contributed by atoms with Crippen LogP contribution < -0.4 is 16.1 Å². The molecule has 10 heteroatoms. The number of hydrogen-bond donors (Lipinski definition) is 3. The van der Waals surface area contributed by atoms with Gasteiger partial charge in [-0.2, -0.15) is 0 Å². The molecule has 5 bridgehead atoms. The van der Waals surface area contributed by atoms with Gasteiger partial charge in [-0.05, 0) is 50.3 Å². The van der Waals surface area contributed by atoms with Crippen molar-refractivity contribution in [2.24, 2.45) is 11.8 Å². The maximum atomic E-state index is 13.1. The second-order valence-electron chi connectivity index (χ2n) is 10.7. The molecular weight excluding hydrogens is 498 g/mol. The third kappa shape index (κ3) is 6.62. The monoisotopic (exact) mass is 535 g/mol. The highest BCUT2D eigenvalue weighted by atomic mass is 16.5. The van der Waals surface area contributed by atoms with Gasteiger partial charge in [-0.25, -0.2) is 10.4 Å². The van der Waals surface area contributed by atoms with Gasteiger partial charge in [-0.15, -0.1) is 0 Å². The number of amides is 3. The molecule has 39 heavy (non-hydrogen) atoms. The summed E-state index contributed by atoms with van der Waals surface area (Å²) in [6.07, 6.45) is 4.12. The van der Waals surface area contributed by atoms with E-state index in [1.807, 2.05) is 50.3 Å². The van der Waals surface area contributed by atoms with Crippen molar-refractivity contribution in [3.05, 3.63) is 47.7 Å². The van der Waals surface area contributed by atoms with E-state index in [4.69, 9.17) is 9.72 Å². The molecule has 208 valence electrons. The second-order valence-corrected chi connectivity index (χ2v) is 10.7. The summed E-state index contributed by atoms with van der Waals surface area (Å²) >= 11 is 0. The number of hydrazine groups is 1. The van der Waals surface area contributed by atoms with Crippen LogP contribution in [0.4, 0.5) is 0 Å². The van der Waals surface area contributed by atoms with Crippen LogP contribution >= 0.6 is 0 Å². The summed E-state index contributed by atoms with van der Waals surface area (Å²) in [5.41, 5.74) is 5.17. The molecule has 2 aliphatic heterocycles. The summed E-state index contributed by atoms with van der Waals surface area (Å²) in [4.78, 5) is 56.9. The number of fused-ring (bicyclic) bond motifs is 4. The Morgan fingerprint density at radius 1 is 1.00 bits per heavy atom. The normalized spacial score (nSPS) is 27.3. The minimum absolute atomic E-state index is 0.205. The van der Waals surface area contributed by atoms with Crippen molar-refractivity contribution >= 4 is 40.7 Å². The fourth-order valence-corrected chi connectivity index (χ4v) is 4.67. The molecular formula is C29H37N5O5. The first-order valence-electron chi connectivity index (χ1n) is 13.5. The Labute approximate surface area is 228 Å². The highest BCUT2D eigenvalue weighted by Crippen LogP contribution is 2.23. The molecule has 2 aliphatic rings. The SMILES string of the molecule is CC1C=Cc2ccc3ccc(nc3c2)C(C)OC(=O)C2CCCN(N2)C(=O)C(C)NC(=O)C(C(C)C)NC1=O. The van der Waals surface area contributed by atoms with E-state index in [1.165, 1.54) is 5.01 Å². The van der Waals surface area contributed by atoms with Crippen LogP contribution in [-0.2, 0) is 23.9 Å². The van der Waals surface area contributed by atoms with E-state index >= 15 is 0 Å². The minimum Gasteiger partial charge on any atom is -0.455 e. The lowest BCUT2D eigenvalue weighted by Crippen LogP contribution is -2.61. The number of rotatable bonds is 1. The van der Waals surface area contributed by atoms with Crippen molar-refractivity contribution in [2.45, 2.75) is 71.7 Å². The third-order valence-corrected chi connectivity index (χ3v) is 7.15. The van der Waals surface area contributed by atoms with E-state index in [-0.39, 0.29) is 17.7 Å². The van der Waals surface area contributed by atoms with Gasteiger partial charge in [-0.3, -0.25) is 24.2 Å². The molecule has 1 saturated heterocycles. The fourth-order valence-electron chi connectivity index (χ4n) is 4.67. The highest BCUT2D eigenvalue weighted by Gasteiger charge is 2.34. The summed E-state index contributed by atoms with van der Waals surface area (Å²) in [6.45, 7) is 9.16. The lowest BCUT2D eigenvalue weighted by Gasteiger charge is -2.35. The van der Waals surface area contributed by atoms with Crippen LogP contribution in [0.5, 0.6) is 0 Å². The van der Waals surface area contributed by atoms with E-state index in [0.29, 0.717) is 25.1 Å². The number of nitrogens with zero attached hydrogens (tertiary/aromatic N) is 2. The highest BCUT2D eigenvalue weighted by molar-refractivity contribution is 5.93. The molecule has 10 nitrogen and oxygen atoms in total. The molecule has 0 radical (unpaired) electrons. The van der Waals surface area contributed by atoms with Gasteiger partial charge >= 0.3 is 5.97 Å². The number of aromatic nitrogens is 1. The lowest BCUT2D eigenvalue weighted by molar-refractivity contribution is -0.157. The first kappa shape index (κ1) is 28.2. The van der Waals surface area contributed by atoms with Crippen LogP contribution in [0.1, 0.15) is 64.8 Å². The molecule has 3 amide bonds. The first-order chi connectivity index (χ1) is 18.5. The molecule has 3 heterocycles. The molecule has 2 aromatic rings. The number of pyridine rings is 1. The summed E-state index contributed by atoms with van der Waals surface area (Å²) in [5.74, 6) is -2.30. The van der Waals surface area contributed by atoms with Gasteiger partial charge in [0.2, 0.25) is 11.8 Å². The van der Waals surface area contributed by atoms with Crippen molar-refractivity contribution in [3.63, 3.8) is 0 Å². The summed E-state index contributed by atoms with van der Waals surface area (Å²) in [7, 11) is 0. The fraction of sp³-hybridized carbons (Fsp3) is 0.483. The Hall–Kier alpha value is -3.79. The summed E-state index contributed by atoms with van der Waals surface area (Å²) in [5, 5.41) is 7.85. The molecule has 1 aromatic heterocycles. The minimum atomic E-state index is -0.870. The molecule has 0 saturated carbocycles. The van der Waals surface area contributed by atoms with Gasteiger partial charge in [-0.1, -0.05) is 51.1 Å². The maximum absolute atomic E-state index is 13.1. The smallest absolute Gasteiger partial charge is 0.325 e. The van der Waals surface area contributed by atoms with E-state index in [9.17, 15) is 19.2 Å². The number of esters is 1. The van der Waals surface area contributed by atoms with Crippen molar-refractivity contribution < 1.29 is 23.9 Å². The Morgan fingerprint density at radius 2 is 1.74 bits per heavy atom. The number of benzene rings is 1. The molecule has 5 atom stereocenters. The number of hydrogen-bond acceptors (Lipinski definition) is 7. The molecule has 0 aliphatic carbocycles. The number of ether oxygens (including phenoxy) is 1. The van der Waals surface area contributed by atoms with E-state index in [1.54, 1.807) is 26.8 Å². The average Bonchev–Trinajstić information content (AvgIpc) is 2.92. The Morgan fingerprint density at radius 3 is 2.49 bits per heavy atom. The third-order valence-electron chi connectivity index (χ3n) is 7.15. The van der Waals surface area contributed by atoms with E-state index in [2.05, 4.69) is 16.1 Å².